The van der Waals surface area contributed by atoms with Crippen LogP contribution in [0.5, 0.6) is 0 Å². The normalized spacial score (nSPS) is 24.9. The van der Waals surface area contributed by atoms with Gasteiger partial charge in [0.05, 0.1) is 6.61 Å². The van der Waals surface area contributed by atoms with Gasteiger partial charge in [-0.15, -0.1) is 0 Å². The molecule has 2 nitrogen and oxygen atoms in total. The number of hydrogen-bond acceptors (Lipinski definition) is 2. The van der Waals surface area contributed by atoms with E-state index < -0.39 is 17.2 Å². The summed E-state index contributed by atoms with van der Waals surface area (Å²) in [6.07, 6.45) is 2.28. The van der Waals surface area contributed by atoms with Crippen LogP contribution in [0.4, 0.5) is 8.78 Å². The van der Waals surface area contributed by atoms with Gasteiger partial charge in [-0.3, -0.25) is 0 Å². The Kier molecular flexibility index (Phi) is 3.21. The first kappa shape index (κ1) is 11.5. The molecule has 1 heterocycles. The van der Waals surface area contributed by atoms with Crippen LogP contribution in [0.15, 0.2) is 18.2 Å². The smallest absolute Gasteiger partial charge is 0.126 e. The van der Waals surface area contributed by atoms with E-state index in [-0.39, 0.29) is 6.61 Å². The Hall–Kier alpha value is -1.00. The van der Waals surface area contributed by atoms with Crippen LogP contribution < -0.4 is 5.32 Å². The Labute approximate surface area is 93.3 Å². The molecule has 0 radical (unpaired) electrons. The van der Waals surface area contributed by atoms with Gasteiger partial charge in [-0.05, 0) is 43.5 Å². The highest BCUT2D eigenvalue weighted by atomic mass is 19.1. The van der Waals surface area contributed by atoms with Gasteiger partial charge in [-0.1, -0.05) is 0 Å². The molecule has 4 heteroatoms. The van der Waals surface area contributed by atoms with Gasteiger partial charge >= 0.3 is 0 Å². The number of aliphatic hydroxyl groups excluding tert-OH is 1. The topological polar surface area (TPSA) is 32.3 Å². The molecule has 1 fully saturated rings. The van der Waals surface area contributed by atoms with Gasteiger partial charge in [0.1, 0.15) is 11.6 Å². The van der Waals surface area contributed by atoms with Crippen LogP contribution >= 0.6 is 0 Å². The third kappa shape index (κ3) is 2.39. The fourth-order valence-electron chi connectivity index (χ4n) is 2.31. The van der Waals surface area contributed by atoms with Gasteiger partial charge in [-0.25, -0.2) is 8.78 Å². The largest absolute Gasteiger partial charge is 0.394 e. The van der Waals surface area contributed by atoms with Crippen LogP contribution in [0, 0.1) is 11.6 Å². The van der Waals surface area contributed by atoms with E-state index in [0.29, 0.717) is 12.0 Å². The van der Waals surface area contributed by atoms with E-state index >= 15 is 0 Å². The van der Waals surface area contributed by atoms with Gasteiger partial charge in [0.15, 0.2) is 0 Å². The van der Waals surface area contributed by atoms with Crippen LogP contribution in [-0.4, -0.2) is 23.8 Å². The maximum absolute atomic E-state index is 13.0. The zero-order valence-electron chi connectivity index (χ0n) is 8.97. The maximum Gasteiger partial charge on any atom is 0.126 e. The number of benzene rings is 1. The molecule has 2 rings (SSSR count). The van der Waals surface area contributed by atoms with Gasteiger partial charge in [-0.2, -0.15) is 0 Å². The molecule has 1 aromatic rings. The lowest BCUT2D eigenvalue weighted by atomic mass is 9.90. The fourth-order valence-corrected chi connectivity index (χ4v) is 2.31. The first-order valence-electron chi connectivity index (χ1n) is 5.44. The monoisotopic (exact) mass is 227 g/mol. The average Bonchev–Trinajstić information content (AvgIpc) is 2.65. The molecule has 0 spiro atoms. The third-order valence-electron chi connectivity index (χ3n) is 3.10. The lowest BCUT2D eigenvalue weighted by Crippen LogP contribution is -2.45. The summed E-state index contributed by atoms with van der Waals surface area (Å²) in [7, 11) is 0. The highest BCUT2D eigenvalue weighted by molar-refractivity contribution is 5.21. The number of nitrogens with one attached hydrogen (secondary N) is 1. The molecule has 0 aromatic heterocycles. The molecule has 1 saturated heterocycles. The summed E-state index contributed by atoms with van der Waals surface area (Å²) < 4.78 is 26.0. The van der Waals surface area contributed by atoms with Crippen LogP contribution in [0.1, 0.15) is 18.4 Å². The molecule has 0 saturated carbocycles. The SMILES string of the molecule is OCC1(Cc2cc(F)cc(F)c2)CCCN1. The Balaban J connectivity index is 2.18. The number of rotatable bonds is 3. The summed E-state index contributed by atoms with van der Waals surface area (Å²) in [5.41, 5.74) is 0.182. The van der Waals surface area contributed by atoms with Gasteiger partial charge in [0, 0.05) is 11.6 Å². The van der Waals surface area contributed by atoms with Crippen molar-refractivity contribution in [3.8, 4) is 0 Å². The van der Waals surface area contributed by atoms with Crippen molar-refractivity contribution in [2.75, 3.05) is 13.2 Å². The fraction of sp³-hybridized carbons (Fsp3) is 0.500. The van der Waals surface area contributed by atoms with Crippen LogP contribution in [0.25, 0.3) is 0 Å². The van der Waals surface area contributed by atoms with Crippen molar-refractivity contribution >= 4 is 0 Å². The lowest BCUT2D eigenvalue weighted by Gasteiger charge is -2.27. The van der Waals surface area contributed by atoms with E-state index in [4.69, 9.17) is 0 Å². The Morgan fingerprint density at radius 3 is 2.44 bits per heavy atom. The predicted molar refractivity (Wildman–Crippen MR) is 57.1 cm³/mol. The first-order chi connectivity index (χ1) is 7.63. The minimum Gasteiger partial charge on any atom is -0.394 e. The third-order valence-corrected chi connectivity index (χ3v) is 3.10. The molecule has 1 unspecified atom stereocenters. The summed E-state index contributed by atoms with van der Waals surface area (Å²) in [5, 5.41) is 12.6. The van der Waals surface area contributed by atoms with Crippen molar-refractivity contribution in [3.05, 3.63) is 35.4 Å². The molecule has 1 aliphatic heterocycles. The molecule has 0 amide bonds. The molecular formula is C12H15F2NO. The molecule has 1 aromatic carbocycles. The molecule has 88 valence electrons. The van der Waals surface area contributed by atoms with Crippen molar-refractivity contribution in [1.82, 2.24) is 5.32 Å². The second-order valence-corrected chi connectivity index (χ2v) is 4.42. The van der Waals surface area contributed by atoms with E-state index in [0.717, 1.165) is 25.5 Å². The second kappa shape index (κ2) is 4.47. The Morgan fingerprint density at radius 2 is 1.94 bits per heavy atom. The quantitative estimate of drug-likeness (QED) is 0.822. The molecule has 0 bridgehead atoms. The molecular weight excluding hydrogens is 212 g/mol. The van der Waals surface area contributed by atoms with Gasteiger partial charge < -0.3 is 10.4 Å². The van der Waals surface area contributed by atoms with E-state index in [9.17, 15) is 13.9 Å². The Bertz CT molecular complexity index is 355. The molecule has 2 N–H and O–H groups in total. The summed E-state index contributed by atoms with van der Waals surface area (Å²) in [6, 6.07) is 3.50. The number of halogens is 2. The predicted octanol–water partition coefficient (Wildman–Crippen LogP) is 1.62. The summed E-state index contributed by atoms with van der Waals surface area (Å²) in [4.78, 5) is 0. The number of hydrogen-bond donors (Lipinski definition) is 2. The van der Waals surface area contributed by atoms with Gasteiger partial charge in [0.2, 0.25) is 0 Å². The van der Waals surface area contributed by atoms with Crippen LogP contribution in [0.2, 0.25) is 0 Å². The van der Waals surface area contributed by atoms with E-state index in [2.05, 4.69) is 5.32 Å². The van der Waals surface area contributed by atoms with Crippen molar-refractivity contribution in [1.29, 1.82) is 0 Å². The second-order valence-electron chi connectivity index (χ2n) is 4.42. The standard InChI is InChI=1S/C12H15F2NO/c13-10-4-9(5-11(14)6-10)7-12(8-16)2-1-3-15-12/h4-6,15-16H,1-3,7-8H2. The zero-order chi connectivity index (χ0) is 11.6. The van der Waals surface area contributed by atoms with Crippen LogP contribution in [0.3, 0.4) is 0 Å². The average molecular weight is 227 g/mol. The molecule has 0 aliphatic carbocycles. The molecule has 16 heavy (non-hydrogen) atoms. The highest BCUT2D eigenvalue weighted by Gasteiger charge is 2.32. The minimum atomic E-state index is -0.568. The van der Waals surface area contributed by atoms with Crippen molar-refractivity contribution in [3.63, 3.8) is 0 Å². The molecule has 1 aliphatic rings. The summed E-state index contributed by atoms with van der Waals surface area (Å²) in [6.45, 7) is 0.837. The van der Waals surface area contributed by atoms with E-state index in [1.807, 2.05) is 0 Å². The van der Waals surface area contributed by atoms with Crippen molar-refractivity contribution in [2.24, 2.45) is 0 Å². The minimum absolute atomic E-state index is 0.00880. The summed E-state index contributed by atoms with van der Waals surface area (Å²) in [5.74, 6) is -1.14. The zero-order valence-corrected chi connectivity index (χ0v) is 8.97. The maximum atomic E-state index is 13.0. The highest BCUT2D eigenvalue weighted by Crippen LogP contribution is 2.24. The van der Waals surface area contributed by atoms with Crippen molar-refractivity contribution in [2.45, 2.75) is 24.8 Å². The van der Waals surface area contributed by atoms with E-state index in [1.54, 1.807) is 0 Å². The lowest BCUT2D eigenvalue weighted by molar-refractivity contribution is 0.177. The first-order valence-corrected chi connectivity index (χ1v) is 5.44. The van der Waals surface area contributed by atoms with Crippen LogP contribution in [-0.2, 0) is 6.42 Å². The molecule has 1 atom stereocenters. The summed E-state index contributed by atoms with van der Waals surface area (Å²) >= 11 is 0. The van der Waals surface area contributed by atoms with E-state index in [1.165, 1.54) is 12.1 Å². The Morgan fingerprint density at radius 1 is 1.25 bits per heavy atom. The van der Waals surface area contributed by atoms with Crippen molar-refractivity contribution < 1.29 is 13.9 Å². The number of aliphatic hydroxyl groups is 1. The van der Waals surface area contributed by atoms with Gasteiger partial charge in [0.25, 0.3) is 0 Å².